The molecule has 88 valence electrons. The van der Waals surface area contributed by atoms with Crippen LogP contribution in [-0.2, 0) is 6.42 Å². The second-order valence-corrected chi connectivity index (χ2v) is 5.07. The molecule has 1 aliphatic rings. The predicted octanol–water partition coefficient (Wildman–Crippen LogP) is 3.42. The SMILES string of the molecule is CCC1CCC(Cc2cnccc2N)CC1. The minimum atomic E-state index is 0.828. The Hall–Kier alpha value is -1.05. The predicted molar refractivity (Wildman–Crippen MR) is 68.1 cm³/mol. The average molecular weight is 218 g/mol. The van der Waals surface area contributed by atoms with Gasteiger partial charge in [0.05, 0.1) is 0 Å². The van der Waals surface area contributed by atoms with Gasteiger partial charge in [-0.15, -0.1) is 0 Å². The van der Waals surface area contributed by atoms with Gasteiger partial charge < -0.3 is 5.73 Å². The first-order valence-electron chi connectivity index (χ1n) is 6.48. The largest absolute Gasteiger partial charge is 0.398 e. The molecular formula is C14H22N2. The molecule has 16 heavy (non-hydrogen) atoms. The van der Waals surface area contributed by atoms with Crippen LogP contribution < -0.4 is 5.73 Å². The normalized spacial score (nSPS) is 25.6. The number of anilines is 1. The number of pyridine rings is 1. The minimum Gasteiger partial charge on any atom is -0.398 e. The maximum absolute atomic E-state index is 5.95. The number of nitrogen functional groups attached to an aromatic ring is 1. The molecule has 1 saturated carbocycles. The van der Waals surface area contributed by atoms with E-state index >= 15 is 0 Å². The van der Waals surface area contributed by atoms with Crippen molar-refractivity contribution in [2.45, 2.75) is 45.4 Å². The van der Waals surface area contributed by atoms with E-state index in [0.29, 0.717) is 0 Å². The van der Waals surface area contributed by atoms with Crippen molar-refractivity contribution in [2.75, 3.05) is 5.73 Å². The summed E-state index contributed by atoms with van der Waals surface area (Å²) in [7, 11) is 0. The summed E-state index contributed by atoms with van der Waals surface area (Å²) in [5.41, 5.74) is 8.10. The number of nitrogens with zero attached hydrogens (tertiary/aromatic N) is 1. The summed E-state index contributed by atoms with van der Waals surface area (Å²) in [5.74, 6) is 1.80. The zero-order chi connectivity index (χ0) is 11.4. The number of nitrogens with two attached hydrogens (primary N) is 1. The summed E-state index contributed by atoms with van der Waals surface area (Å²) < 4.78 is 0. The van der Waals surface area contributed by atoms with Gasteiger partial charge in [-0.3, -0.25) is 4.98 Å². The van der Waals surface area contributed by atoms with E-state index in [4.69, 9.17) is 5.73 Å². The van der Waals surface area contributed by atoms with Crippen LogP contribution in [0.2, 0.25) is 0 Å². The van der Waals surface area contributed by atoms with Crippen molar-refractivity contribution in [3.63, 3.8) is 0 Å². The molecule has 2 rings (SSSR count). The molecule has 0 spiro atoms. The number of hydrogen-bond donors (Lipinski definition) is 1. The van der Waals surface area contributed by atoms with Crippen molar-refractivity contribution in [1.29, 1.82) is 0 Å². The first-order chi connectivity index (χ1) is 7.79. The van der Waals surface area contributed by atoms with Crippen molar-refractivity contribution in [1.82, 2.24) is 4.98 Å². The fourth-order valence-corrected chi connectivity index (χ4v) is 2.76. The van der Waals surface area contributed by atoms with Crippen LogP contribution >= 0.6 is 0 Å². The Balaban J connectivity index is 1.89. The summed E-state index contributed by atoms with van der Waals surface area (Å²) in [6, 6.07) is 1.91. The number of hydrogen-bond acceptors (Lipinski definition) is 2. The van der Waals surface area contributed by atoms with Crippen molar-refractivity contribution in [2.24, 2.45) is 11.8 Å². The van der Waals surface area contributed by atoms with Crippen LogP contribution in [0, 0.1) is 11.8 Å². The lowest BCUT2D eigenvalue weighted by molar-refractivity contribution is 0.268. The molecule has 2 nitrogen and oxygen atoms in total. The van der Waals surface area contributed by atoms with Crippen LogP contribution in [0.25, 0.3) is 0 Å². The van der Waals surface area contributed by atoms with Gasteiger partial charge in [-0.25, -0.2) is 0 Å². The Morgan fingerprint density at radius 3 is 2.56 bits per heavy atom. The van der Waals surface area contributed by atoms with Crippen LogP contribution in [-0.4, -0.2) is 4.98 Å². The zero-order valence-electron chi connectivity index (χ0n) is 10.2. The molecule has 2 N–H and O–H groups in total. The van der Waals surface area contributed by atoms with Crippen LogP contribution in [0.5, 0.6) is 0 Å². The zero-order valence-corrected chi connectivity index (χ0v) is 10.2. The molecule has 1 fully saturated rings. The maximum atomic E-state index is 5.95. The maximum Gasteiger partial charge on any atom is 0.0377 e. The lowest BCUT2D eigenvalue weighted by Crippen LogP contribution is -2.16. The van der Waals surface area contributed by atoms with Gasteiger partial charge in [-0.2, -0.15) is 0 Å². The van der Waals surface area contributed by atoms with E-state index in [2.05, 4.69) is 11.9 Å². The standard InChI is InChI=1S/C14H22N2/c1-2-11-3-5-12(6-4-11)9-13-10-16-8-7-14(13)15/h7-8,10-12H,2-6,9H2,1H3,(H2,15,16). The van der Waals surface area contributed by atoms with Crippen LogP contribution in [0.3, 0.4) is 0 Å². The topological polar surface area (TPSA) is 38.9 Å². The first-order valence-corrected chi connectivity index (χ1v) is 6.48. The fourth-order valence-electron chi connectivity index (χ4n) is 2.76. The van der Waals surface area contributed by atoms with E-state index in [-0.39, 0.29) is 0 Å². The lowest BCUT2D eigenvalue weighted by atomic mass is 9.78. The molecule has 2 heteroatoms. The third kappa shape index (κ3) is 2.75. The van der Waals surface area contributed by atoms with Gasteiger partial charge in [0, 0.05) is 18.1 Å². The van der Waals surface area contributed by atoms with Gasteiger partial charge in [0.1, 0.15) is 0 Å². The molecular weight excluding hydrogens is 196 g/mol. The highest BCUT2D eigenvalue weighted by molar-refractivity contribution is 5.44. The molecule has 0 amide bonds. The van der Waals surface area contributed by atoms with Crippen molar-refractivity contribution < 1.29 is 0 Å². The average Bonchev–Trinajstić information content (AvgIpc) is 2.33. The first kappa shape index (κ1) is 11.4. The summed E-state index contributed by atoms with van der Waals surface area (Å²) in [4.78, 5) is 4.16. The molecule has 0 bridgehead atoms. The van der Waals surface area contributed by atoms with Gasteiger partial charge >= 0.3 is 0 Å². The highest BCUT2D eigenvalue weighted by Crippen LogP contribution is 2.33. The molecule has 1 heterocycles. The van der Waals surface area contributed by atoms with Gasteiger partial charge in [-0.1, -0.05) is 26.2 Å². The van der Waals surface area contributed by atoms with Crippen LogP contribution in [0.15, 0.2) is 18.5 Å². The molecule has 0 aromatic carbocycles. The second kappa shape index (κ2) is 5.33. The Kier molecular flexibility index (Phi) is 3.81. The van der Waals surface area contributed by atoms with Crippen molar-refractivity contribution >= 4 is 5.69 Å². The van der Waals surface area contributed by atoms with Gasteiger partial charge in [-0.05, 0) is 42.7 Å². The van der Waals surface area contributed by atoms with Gasteiger partial charge in [0.15, 0.2) is 0 Å². The third-order valence-corrected chi connectivity index (χ3v) is 3.99. The van der Waals surface area contributed by atoms with Crippen LogP contribution in [0.4, 0.5) is 5.69 Å². The molecule has 0 unspecified atom stereocenters. The molecule has 0 radical (unpaired) electrons. The molecule has 1 aliphatic carbocycles. The summed E-state index contributed by atoms with van der Waals surface area (Å²) in [5, 5.41) is 0. The Morgan fingerprint density at radius 1 is 1.25 bits per heavy atom. The molecule has 0 aliphatic heterocycles. The van der Waals surface area contributed by atoms with Crippen molar-refractivity contribution in [3.05, 3.63) is 24.0 Å². The quantitative estimate of drug-likeness (QED) is 0.844. The highest BCUT2D eigenvalue weighted by Gasteiger charge is 2.20. The smallest absolute Gasteiger partial charge is 0.0377 e. The van der Waals surface area contributed by atoms with E-state index in [9.17, 15) is 0 Å². The number of aromatic nitrogens is 1. The second-order valence-electron chi connectivity index (χ2n) is 5.07. The van der Waals surface area contributed by atoms with E-state index in [1.165, 1.54) is 37.7 Å². The monoisotopic (exact) mass is 218 g/mol. The summed E-state index contributed by atoms with van der Waals surface area (Å²) in [6.45, 7) is 2.31. The third-order valence-electron chi connectivity index (χ3n) is 3.99. The Bertz CT molecular complexity index is 327. The van der Waals surface area contributed by atoms with Crippen LogP contribution in [0.1, 0.15) is 44.6 Å². The van der Waals surface area contributed by atoms with Gasteiger partial charge in [0.2, 0.25) is 0 Å². The molecule has 1 aromatic heterocycles. The molecule has 1 aromatic rings. The van der Waals surface area contributed by atoms with Gasteiger partial charge in [0.25, 0.3) is 0 Å². The van der Waals surface area contributed by atoms with E-state index in [0.717, 1.165) is 23.9 Å². The fraction of sp³-hybridized carbons (Fsp3) is 0.643. The summed E-state index contributed by atoms with van der Waals surface area (Å²) >= 11 is 0. The molecule has 0 atom stereocenters. The minimum absolute atomic E-state index is 0.828. The molecule has 0 saturated heterocycles. The Morgan fingerprint density at radius 2 is 1.94 bits per heavy atom. The lowest BCUT2D eigenvalue weighted by Gasteiger charge is -2.27. The van der Waals surface area contributed by atoms with E-state index in [1.54, 1.807) is 6.20 Å². The van der Waals surface area contributed by atoms with E-state index < -0.39 is 0 Å². The highest BCUT2D eigenvalue weighted by atomic mass is 14.7. The van der Waals surface area contributed by atoms with E-state index in [1.807, 2.05) is 12.3 Å². The summed E-state index contributed by atoms with van der Waals surface area (Å²) in [6.07, 6.45) is 11.7. The van der Waals surface area contributed by atoms with Crippen molar-refractivity contribution in [3.8, 4) is 0 Å². The Labute approximate surface area is 98.3 Å². The number of rotatable bonds is 3.